The summed E-state index contributed by atoms with van der Waals surface area (Å²) in [4.78, 5) is 0. The van der Waals surface area contributed by atoms with Gasteiger partial charge in [0.15, 0.2) is 9.76 Å². The lowest BCUT2D eigenvalue weighted by molar-refractivity contribution is 0.438. The first-order valence-corrected chi connectivity index (χ1v) is 13.2. The Kier molecular flexibility index (Phi) is 30.9. The molecule has 0 aromatic carbocycles. The molecule has 0 unspecified atom stereocenters. The van der Waals surface area contributed by atoms with Crippen molar-refractivity contribution in [3.05, 3.63) is 0 Å². The van der Waals surface area contributed by atoms with Gasteiger partial charge in [0, 0.05) is 7.11 Å². The Morgan fingerprint density at radius 3 is 1.38 bits per heavy atom. The summed E-state index contributed by atoms with van der Waals surface area (Å²) in [5, 5.41) is 3.56. The summed E-state index contributed by atoms with van der Waals surface area (Å²) in [7, 11) is 1.66. The summed E-state index contributed by atoms with van der Waals surface area (Å²) in [5.41, 5.74) is 0. The van der Waals surface area contributed by atoms with Gasteiger partial charge in [-0.2, -0.15) is 0 Å². The van der Waals surface area contributed by atoms with Crippen molar-refractivity contribution in [3.63, 3.8) is 0 Å². The second-order valence-electron chi connectivity index (χ2n) is 7.75. The molecule has 0 rings (SSSR count). The summed E-state index contributed by atoms with van der Waals surface area (Å²) in [6.07, 6.45) is 24.5. The fourth-order valence-corrected chi connectivity index (χ4v) is 4.16. The molecule has 26 heavy (non-hydrogen) atoms. The van der Waals surface area contributed by atoms with Gasteiger partial charge in [-0.05, 0) is 32.0 Å². The van der Waals surface area contributed by atoms with E-state index >= 15 is 0 Å². The number of halogens is 1. The van der Waals surface area contributed by atoms with Gasteiger partial charge in [0.05, 0.1) is 0 Å². The number of unbranched alkanes of at least 4 members (excludes halogenated alkanes) is 15. The van der Waals surface area contributed by atoms with Gasteiger partial charge in [0.1, 0.15) is 0 Å². The highest BCUT2D eigenvalue weighted by Crippen LogP contribution is 2.13. The molecule has 0 aliphatic heterocycles. The Balaban J connectivity index is 0. The molecule has 0 aliphatic carbocycles. The van der Waals surface area contributed by atoms with Crippen LogP contribution in [0.2, 0.25) is 6.04 Å². The standard InChI is InChI=1S/C22H49NOSi.BrH/c1-3-4-5-6-7-8-9-10-11-12-13-14-15-16-17-18-20-23-21-19-22-25-24-2;/h23H,3-22,25H2,1-2H3;1H. The molecular formula is C22H50BrNOSi. The lowest BCUT2D eigenvalue weighted by atomic mass is 10.0. The van der Waals surface area contributed by atoms with E-state index in [1.54, 1.807) is 0 Å². The minimum absolute atomic E-state index is 0. The summed E-state index contributed by atoms with van der Waals surface area (Å²) in [5.74, 6) is 0. The van der Waals surface area contributed by atoms with Crippen LogP contribution in [0.5, 0.6) is 0 Å². The smallest absolute Gasteiger partial charge is 0.161 e. The highest BCUT2D eigenvalue weighted by atomic mass is 79.9. The Bertz CT molecular complexity index is 210. The Morgan fingerprint density at radius 2 is 0.962 bits per heavy atom. The first-order chi connectivity index (χ1) is 12.4. The minimum Gasteiger partial charge on any atom is -0.427 e. The molecule has 0 atom stereocenters. The summed E-state index contributed by atoms with van der Waals surface area (Å²) in [6.45, 7) is 4.70. The van der Waals surface area contributed by atoms with E-state index in [9.17, 15) is 0 Å². The van der Waals surface area contributed by atoms with Crippen molar-refractivity contribution < 1.29 is 4.43 Å². The van der Waals surface area contributed by atoms with E-state index in [0.717, 1.165) is 0 Å². The third kappa shape index (κ3) is 26.8. The van der Waals surface area contributed by atoms with E-state index in [1.807, 2.05) is 7.11 Å². The quantitative estimate of drug-likeness (QED) is 0.142. The maximum Gasteiger partial charge on any atom is 0.161 e. The van der Waals surface area contributed by atoms with Crippen LogP contribution in [0, 0.1) is 0 Å². The fraction of sp³-hybridized carbons (Fsp3) is 1.00. The minimum atomic E-state index is -0.187. The molecule has 0 aromatic rings. The molecule has 4 heteroatoms. The van der Waals surface area contributed by atoms with Crippen LogP contribution >= 0.6 is 17.0 Å². The van der Waals surface area contributed by atoms with Crippen molar-refractivity contribution in [1.29, 1.82) is 0 Å². The second-order valence-corrected chi connectivity index (χ2v) is 9.45. The number of rotatable bonds is 22. The van der Waals surface area contributed by atoms with E-state index in [4.69, 9.17) is 4.43 Å². The van der Waals surface area contributed by atoms with Gasteiger partial charge < -0.3 is 9.74 Å². The van der Waals surface area contributed by atoms with Crippen LogP contribution < -0.4 is 5.32 Å². The van der Waals surface area contributed by atoms with Gasteiger partial charge in [0.2, 0.25) is 0 Å². The van der Waals surface area contributed by atoms with E-state index in [1.165, 1.54) is 128 Å². The summed E-state index contributed by atoms with van der Waals surface area (Å²) in [6, 6.07) is 1.32. The van der Waals surface area contributed by atoms with Crippen LogP contribution in [0.3, 0.4) is 0 Å². The van der Waals surface area contributed by atoms with E-state index in [-0.39, 0.29) is 26.7 Å². The van der Waals surface area contributed by atoms with Crippen molar-refractivity contribution in [2.24, 2.45) is 0 Å². The molecule has 0 bridgehead atoms. The third-order valence-electron chi connectivity index (χ3n) is 5.16. The lowest BCUT2D eigenvalue weighted by Gasteiger charge is -2.05. The van der Waals surface area contributed by atoms with Crippen LogP contribution in [0.15, 0.2) is 0 Å². The van der Waals surface area contributed by atoms with Gasteiger partial charge in [-0.25, -0.2) is 0 Å². The molecule has 0 radical (unpaired) electrons. The first-order valence-electron chi connectivity index (χ1n) is 11.6. The largest absolute Gasteiger partial charge is 0.427 e. The van der Waals surface area contributed by atoms with Crippen LogP contribution in [0.4, 0.5) is 0 Å². The van der Waals surface area contributed by atoms with Crippen LogP contribution in [-0.4, -0.2) is 30.0 Å². The zero-order valence-electron chi connectivity index (χ0n) is 18.2. The predicted molar refractivity (Wildman–Crippen MR) is 128 cm³/mol. The average Bonchev–Trinajstić information content (AvgIpc) is 2.63. The molecule has 0 amide bonds. The molecular weight excluding hydrogens is 402 g/mol. The van der Waals surface area contributed by atoms with Gasteiger partial charge in [0.25, 0.3) is 0 Å². The lowest BCUT2D eigenvalue weighted by Crippen LogP contribution is -2.17. The molecule has 0 heterocycles. The van der Waals surface area contributed by atoms with Crippen molar-refractivity contribution >= 4 is 26.7 Å². The Hall–Kier alpha value is 0.617. The monoisotopic (exact) mass is 451 g/mol. The van der Waals surface area contributed by atoms with Gasteiger partial charge in [-0.3, -0.25) is 0 Å². The van der Waals surface area contributed by atoms with Crippen molar-refractivity contribution in [3.8, 4) is 0 Å². The van der Waals surface area contributed by atoms with E-state index in [0.29, 0.717) is 0 Å². The highest BCUT2D eigenvalue weighted by Gasteiger charge is 1.95. The fourth-order valence-electron chi connectivity index (χ4n) is 3.42. The van der Waals surface area contributed by atoms with Gasteiger partial charge in [-0.1, -0.05) is 103 Å². The number of hydrogen-bond donors (Lipinski definition) is 1. The second kappa shape index (κ2) is 27.8. The molecule has 0 spiro atoms. The zero-order valence-corrected chi connectivity index (χ0v) is 21.3. The topological polar surface area (TPSA) is 21.3 Å². The summed E-state index contributed by atoms with van der Waals surface area (Å²) >= 11 is 0. The number of nitrogens with one attached hydrogen (secondary N) is 1. The molecule has 0 fully saturated rings. The van der Waals surface area contributed by atoms with Crippen LogP contribution in [-0.2, 0) is 4.43 Å². The molecule has 0 aromatic heterocycles. The van der Waals surface area contributed by atoms with Crippen molar-refractivity contribution in [2.45, 2.75) is 122 Å². The molecule has 0 saturated heterocycles. The molecule has 2 nitrogen and oxygen atoms in total. The van der Waals surface area contributed by atoms with Crippen LogP contribution in [0.1, 0.15) is 116 Å². The highest BCUT2D eigenvalue weighted by molar-refractivity contribution is 8.93. The number of hydrogen-bond acceptors (Lipinski definition) is 2. The Labute approximate surface area is 178 Å². The van der Waals surface area contributed by atoms with E-state index < -0.39 is 0 Å². The normalized spacial score (nSPS) is 11.3. The van der Waals surface area contributed by atoms with E-state index in [2.05, 4.69) is 12.2 Å². The average molecular weight is 453 g/mol. The zero-order chi connectivity index (χ0) is 18.3. The molecule has 0 saturated carbocycles. The van der Waals surface area contributed by atoms with Crippen molar-refractivity contribution in [1.82, 2.24) is 5.32 Å². The maximum atomic E-state index is 5.19. The Morgan fingerprint density at radius 1 is 0.577 bits per heavy atom. The van der Waals surface area contributed by atoms with Gasteiger partial charge in [-0.15, -0.1) is 17.0 Å². The van der Waals surface area contributed by atoms with Gasteiger partial charge >= 0.3 is 0 Å². The summed E-state index contributed by atoms with van der Waals surface area (Å²) < 4.78 is 5.19. The third-order valence-corrected chi connectivity index (χ3v) is 6.36. The van der Waals surface area contributed by atoms with Crippen molar-refractivity contribution in [2.75, 3.05) is 20.2 Å². The molecule has 0 aliphatic rings. The first kappa shape index (κ1) is 28.8. The maximum absolute atomic E-state index is 5.19. The molecule has 1 N–H and O–H groups in total. The SMILES string of the molecule is Br.CCCCCCCCCCCCCCCCCCNCCC[SiH2]OC. The molecule has 160 valence electrons. The predicted octanol–water partition coefficient (Wildman–Crippen LogP) is 6.95. The van der Waals surface area contributed by atoms with Crippen LogP contribution in [0.25, 0.3) is 0 Å².